The maximum Gasteiger partial charge on any atom is 0.0831 e. The molecule has 0 atom stereocenters. The second-order valence-corrected chi connectivity index (χ2v) is 5.32. The van der Waals surface area contributed by atoms with Crippen LogP contribution < -0.4 is 0 Å². The number of rotatable bonds is 0. The Balaban J connectivity index is 0. The Hall–Kier alpha value is -0.403. The molecule has 7 heavy (non-hydrogen) atoms. The lowest BCUT2D eigenvalue weighted by molar-refractivity contribution is 1.47. The summed E-state index contributed by atoms with van der Waals surface area (Å²) < 4.78 is 0. The molecule has 0 aliphatic heterocycles. The molecule has 2 nitrogen and oxygen atoms in total. The van der Waals surface area contributed by atoms with Gasteiger partial charge in [-0.2, -0.15) is 0 Å². The molecule has 0 spiro atoms. The van der Waals surface area contributed by atoms with E-state index in [0.29, 0.717) is 0 Å². The van der Waals surface area contributed by atoms with Crippen LogP contribution in [-0.4, -0.2) is 14.8 Å². The summed E-state index contributed by atoms with van der Waals surface area (Å²) in [6, 6.07) is 1.25. The van der Waals surface area contributed by atoms with Crippen molar-refractivity contribution >= 4 is 14.8 Å². The molecule has 0 bridgehead atoms. The molecule has 0 aromatic rings. The molecule has 0 aromatic heterocycles. The molecular weight excluding hydrogens is 104 g/mol. The largest absolute Gasteiger partial charge is 0.242 e. The number of hydrogen-bond donors (Lipinski definition) is 2. The predicted molar refractivity (Wildman–Crippen MR) is 35.2 cm³/mol. The van der Waals surface area contributed by atoms with Crippen LogP contribution in [0.25, 0.3) is 0 Å². The first-order valence-electron chi connectivity index (χ1n) is 2.23. The molecule has 0 fully saturated rings. The van der Waals surface area contributed by atoms with Crippen molar-refractivity contribution in [1.29, 1.82) is 10.8 Å². The van der Waals surface area contributed by atoms with E-state index in [2.05, 4.69) is 19.6 Å². The molecule has 42 valence electrons. The molecule has 0 saturated heterocycles. The van der Waals surface area contributed by atoms with Gasteiger partial charge in [0.15, 0.2) is 0 Å². The third-order valence-electron chi connectivity index (χ3n) is 0. The summed E-state index contributed by atoms with van der Waals surface area (Å²) in [5.74, 6) is 0. The monoisotopic (exact) mass is 116 g/mol. The smallest absolute Gasteiger partial charge is 0.0831 e. The van der Waals surface area contributed by atoms with E-state index < -0.39 is 0 Å². The van der Waals surface area contributed by atoms with Crippen molar-refractivity contribution in [3.63, 3.8) is 0 Å². The minimum absolute atomic E-state index is 0.139. The number of hydrogen-bond acceptors (Lipinski definition) is 2. The van der Waals surface area contributed by atoms with E-state index in [0.717, 1.165) is 0 Å². The molecule has 0 heterocycles. The third kappa shape index (κ3) is 446. The van der Waals surface area contributed by atoms with Crippen molar-refractivity contribution < 1.29 is 0 Å². The third-order valence-corrected chi connectivity index (χ3v) is 0. The van der Waals surface area contributed by atoms with E-state index in [-0.39, 0.29) is 8.80 Å². The summed E-state index contributed by atoms with van der Waals surface area (Å²) in [7, 11) is -0.139. The Kier molecular flexibility index (Phi) is 12.8. The van der Waals surface area contributed by atoms with Crippen molar-refractivity contribution in [3.05, 3.63) is 0 Å². The zero-order valence-corrected chi connectivity index (χ0v) is 6.23. The summed E-state index contributed by atoms with van der Waals surface area (Å²) in [5.41, 5.74) is 0. The van der Waals surface area contributed by atoms with Crippen LogP contribution in [0.4, 0.5) is 0 Å². The molecule has 2 N–H and O–H groups in total. The van der Waals surface area contributed by atoms with Gasteiger partial charge in [-0.15, -0.1) is 0 Å². The summed E-state index contributed by atoms with van der Waals surface area (Å²) >= 11 is 0. The first-order valence-corrected chi connectivity index (χ1v) is 5.70. The second-order valence-electron chi connectivity index (χ2n) is 1.86. The molecule has 0 aromatic carbocycles. The van der Waals surface area contributed by atoms with Crippen LogP contribution in [-0.2, 0) is 0 Å². The van der Waals surface area contributed by atoms with Gasteiger partial charge in [-0.3, -0.25) is 0 Å². The average Bonchev–Trinajstić information content (AvgIpc) is 1.33. The van der Waals surface area contributed by atoms with Gasteiger partial charge in [0.1, 0.15) is 0 Å². The Morgan fingerprint density at radius 3 is 1.14 bits per heavy atom. The van der Waals surface area contributed by atoms with Crippen LogP contribution in [0, 0.1) is 10.8 Å². The van der Waals surface area contributed by atoms with E-state index in [1.807, 2.05) is 0 Å². The maximum atomic E-state index is 5.62. The highest BCUT2D eigenvalue weighted by molar-refractivity contribution is 6.54. The lowest BCUT2D eigenvalue weighted by atomic mass is 11.6. The zero-order chi connectivity index (χ0) is 6.28. The van der Waals surface area contributed by atoms with Crippen molar-refractivity contribution in [2.75, 3.05) is 0 Å². The predicted octanol–water partition coefficient (Wildman–Crippen LogP) is 1.42. The lowest BCUT2D eigenvalue weighted by Gasteiger charge is -1.75. The van der Waals surface area contributed by atoms with Crippen LogP contribution >= 0.6 is 0 Å². The van der Waals surface area contributed by atoms with E-state index >= 15 is 0 Å². The Morgan fingerprint density at radius 1 is 1.14 bits per heavy atom. The molecule has 0 amide bonds. The van der Waals surface area contributed by atoms with Gasteiger partial charge in [0, 0.05) is 8.80 Å². The van der Waals surface area contributed by atoms with Crippen molar-refractivity contribution in [1.82, 2.24) is 0 Å². The Morgan fingerprint density at radius 2 is 1.14 bits per heavy atom. The molecule has 0 saturated carbocycles. The van der Waals surface area contributed by atoms with E-state index in [4.69, 9.17) is 10.8 Å². The lowest BCUT2D eigenvalue weighted by Crippen LogP contribution is -1.84. The number of nitrogens with one attached hydrogen (secondary N) is 2. The quantitative estimate of drug-likeness (QED) is 0.355. The summed E-state index contributed by atoms with van der Waals surface area (Å²) in [6.45, 7) is 6.92. The van der Waals surface area contributed by atoms with Crippen LogP contribution in [0.2, 0.25) is 19.6 Å². The van der Waals surface area contributed by atoms with Gasteiger partial charge >= 0.3 is 0 Å². The SMILES string of the molecule is C[SiH](C)C.N=C=N. The molecule has 0 aliphatic carbocycles. The summed E-state index contributed by atoms with van der Waals surface area (Å²) in [5, 5.41) is 11.2. The van der Waals surface area contributed by atoms with Gasteiger partial charge in [-0.1, -0.05) is 19.6 Å². The van der Waals surface area contributed by atoms with Crippen molar-refractivity contribution in [2.24, 2.45) is 0 Å². The highest BCUT2D eigenvalue weighted by Gasteiger charge is 1.71. The van der Waals surface area contributed by atoms with Gasteiger partial charge < -0.3 is 0 Å². The molecule has 0 radical (unpaired) electrons. The standard InChI is InChI=1S/C3H10Si.CH2N2/c1-4(2)3;2-1-3/h4H,1-3H3;2-3H. The molecule has 0 unspecified atom stereocenters. The fourth-order valence-corrected chi connectivity index (χ4v) is 0. The van der Waals surface area contributed by atoms with Gasteiger partial charge in [0.2, 0.25) is 0 Å². The van der Waals surface area contributed by atoms with Crippen molar-refractivity contribution in [3.8, 4) is 0 Å². The van der Waals surface area contributed by atoms with Crippen LogP contribution in [0.5, 0.6) is 0 Å². The van der Waals surface area contributed by atoms with Crippen LogP contribution in [0.15, 0.2) is 0 Å². The topological polar surface area (TPSA) is 47.7 Å². The Bertz CT molecular complexity index is 52.0. The van der Waals surface area contributed by atoms with Gasteiger partial charge in [-0.25, -0.2) is 10.8 Å². The van der Waals surface area contributed by atoms with Crippen molar-refractivity contribution in [2.45, 2.75) is 19.6 Å². The molecule has 0 rings (SSSR count). The normalized spacial score (nSPS) is 6.29. The van der Waals surface area contributed by atoms with E-state index in [1.165, 1.54) is 6.01 Å². The van der Waals surface area contributed by atoms with Crippen LogP contribution in [0.1, 0.15) is 0 Å². The van der Waals surface area contributed by atoms with Gasteiger partial charge in [-0.05, 0) is 0 Å². The average molecular weight is 116 g/mol. The summed E-state index contributed by atoms with van der Waals surface area (Å²) in [4.78, 5) is 0. The minimum atomic E-state index is -0.139. The zero-order valence-electron chi connectivity index (χ0n) is 5.08. The van der Waals surface area contributed by atoms with E-state index in [1.54, 1.807) is 0 Å². The van der Waals surface area contributed by atoms with Gasteiger partial charge in [0.05, 0.1) is 6.01 Å². The second kappa shape index (κ2) is 9.14. The minimum Gasteiger partial charge on any atom is -0.242 e. The molecule has 3 heteroatoms. The first-order chi connectivity index (χ1) is 3.15. The molecule has 0 aliphatic rings. The fourth-order valence-electron chi connectivity index (χ4n) is 0. The maximum absolute atomic E-state index is 5.62. The van der Waals surface area contributed by atoms with Crippen LogP contribution in [0.3, 0.4) is 0 Å². The highest BCUT2D eigenvalue weighted by atomic mass is 28.3. The fraction of sp³-hybridized carbons (Fsp3) is 0.750. The summed E-state index contributed by atoms with van der Waals surface area (Å²) in [6.07, 6.45) is 0. The highest BCUT2D eigenvalue weighted by Crippen LogP contribution is 1.68. The molecular formula is C4H12N2Si. The van der Waals surface area contributed by atoms with E-state index in [9.17, 15) is 0 Å². The van der Waals surface area contributed by atoms with Gasteiger partial charge in [0.25, 0.3) is 0 Å². The first kappa shape index (κ1) is 9.78. The Labute approximate surface area is 46.2 Å².